The first kappa shape index (κ1) is 10.6. The summed E-state index contributed by atoms with van der Waals surface area (Å²) >= 11 is 0. The molecule has 1 fully saturated rings. The number of benzene rings is 1. The van der Waals surface area contributed by atoms with Crippen molar-refractivity contribution in [1.29, 1.82) is 0 Å². The van der Waals surface area contributed by atoms with Gasteiger partial charge in [-0.3, -0.25) is 0 Å². The minimum Gasteiger partial charge on any atom is -0.341 e. The van der Waals surface area contributed by atoms with Crippen LogP contribution in [0.5, 0.6) is 0 Å². The zero-order valence-corrected chi connectivity index (χ0v) is 9.01. The minimum absolute atomic E-state index is 0.117. The molecule has 15 heavy (non-hydrogen) atoms. The Hall–Kier alpha value is -0.930. The lowest BCUT2D eigenvalue weighted by atomic mass is 10.2. The van der Waals surface area contributed by atoms with Crippen molar-refractivity contribution in [3.8, 4) is 0 Å². The van der Waals surface area contributed by atoms with Gasteiger partial charge in [0.25, 0.3) is 0 Å². The van der Waals surface area contributed by atoms with Gasteiger partial charge in [-0.2, -0.15) is 0 Å². The van der Waals surface area contributed by atoms with E-state index in [0.29, 0.717) is 0 Å². The molecule has 2 rings (SSSR count). The fourth-order valence-electron chi connectivity index (χ4n) is 2.18. The average Bonchev–Trinajstić information content (AvgIpc) is 2.46. The van der Waals surface area contributed by atoms with Gasteiger partial charge in [-0.05, 0) is 12.1 Å². The van der Waals surface area contributed by atoms with E-state index in [1.54, 1.807) is 17.0 Å². The third-order valence-electron chi connectivity index (χ3n) is 2.98. The van der Waals surface area contributed by atoms with E-state index in [0.717, 1.165) is 12.1 Å². The highest BCUT2D eigenvalue weighted by atomic mass is 19.1. The van der Waals surface area contributed by atoms with E-state index in [-0.39, 0.29) is 5.82 Å². The largest absolute Gasteiger partial charge is 0.341 e. The van der Waals surface area contributed by atoms with E-state index in [4.69, 9.17) is 0 Å². The van der Waals surface area contributed by atoms with Crippen molar-refractivity contribution in [3.05, 3.63) is 35.6 Å². The molecule has 1 aromatic rings. The van der Waals surface area contributed by atoms with Gasteiger partial charge in [0, 0.05) is 12.0 Å². The van der Waals surface area contributed by atoms with Crippen LogP contribution in [0.2, 0.25) is 0 Å². The first-order valence-electron chi connectivity index (χ1n) is 5.74. The normalized spacial score (nSPS) is 22.3. The van der Waals surface area contributed by atoms with E-state index in [1.165, 1.54) is 38.7 Å². The van der Waals surface area contributed by atoms with Crippen LogP contribution in [-0.4, -0.2) is 26.2 Å². The molecule has 0 bridgehead atoms. The quantitative estimate of drug-likeness (QED) is 0.636. The first-order chi connectivity index (χ1) is 7.34. The second kappa shape index (κ2) is 5.24. The fourth-order valence-corrected chi connectivity index (χ4v) is 2.18. The Kier molecular flexibility index (Phi) is 3.69. The van der Waals surface area contributed by atoms with E-state index < -0.39 is 0 Å². The Morgan fingerprint density at radius 2 is 2.20 bits per heavy atom. The molecule has 1 heterocycles. The van der Waals surface area contributed by atoms with Gasteiger partial charge in [0.05, 0.1) is 13.1 Å². The van der Waals surface area contributed by atoms with Crippen LogP contribution >= 0.6 is 0 Å². The summed E-state index contributed by atoms with van der Waals surface area (Å²) in [7, 11) is 0. The van der Waals surface area contributed by atoms with E-state index in [2.05, 4.69) is 5.32 Å². The van der Waals surface area contributed by atoms with Crippen LogP contribution in [0, 0.1) is 5.82 Å². The van der Waals surface area contributed by atoms with Crippen molar-refractivity contribution in [3.63, 3.8) is 0 Å². The standard InChI is InChI=1S/C12H17FN2/c13-12-4-1-3-11(9-12)10-15-7-2-5-14-6-8-15/h1,3-4,9,14H,2,5-8,10H2/p+2. The van der Waals surface area contributed by atoms with Crippen molar-refractivity contribution >= 4 is 0 Å². The summed E-state index contributed by atoms with van der Waals surface area (Å²) in [6.45, 7) is 5.81. The molecule has 0 aliphatic carbocycles. The molecule has 1 saturated heterocycles. The summed E-state index contributed by atoms with van der Waals surface area (Å²) in [5.74, 6) is -0.117. The first-order valence-corrected chi connectivity index (χ1v) is 5.74. The molecule has 3 heteroatoms. The molecular formula is C12H19FN2+2. The Morgan fingerprint density at radius 3 is 3.07 bits per heavy atom. The van der Waals surface area contributed by atoms with Crippen LogP contribution in [0.4, 0.5) is 4.39 Å². The molecule has 1 aliphatic rings. The summed E-state index contributed by atoms with van der Waals surface area (Å²) in [5, 5.41) is 2.37. The van der Waals surface area contributed by atoms with Gasteiger partial charge in [0.2, 0.25) is 0 Å². The Labute approximate surface area is 90.1 Å². The van der Waals surface area contributed by atoms with E-state index >= 15 is 0 Å². The molecule has 1 atom stereocenters. The predicted octanol–water partition coefficient (Wildman–Crippen LogP) is -0.822. The maximum Gasteiger partial charge on any atom is 0.127 e. The van der Waals surface area contributed by atoms with Gasteiger partial charge >= 0.3 is 0 Å². The van der Waals surface area contributed by atoms with Crippen molar-refractivity contribution in [2.75, 3.05) is 26.2 Å². The van der Waals surface area contributed by atoms with Crippen LogP contribution < -0.4 is 10.2 Å². The Bertz CT molecular complexity index is 306. The van der Waals surface area contributed by atoms with Crippen LogP contribution in [0.25, 0.3) is 0 Å². The van der Waals surface area contributed by atoms with E-state index in [1.807, 2.05) is 6.07 Å². The second-order valence-electron chi connectivity index (χ2n) is 4.28. The third kappa shape index (κ3) is 3.29. The molecule has 82 valence electrons. The second-order valence-corrected chi connectivity index (χ2v) is 4.28. The Balaban J connectivity index is 1.95. The summed E-state index contributed by atoms with van der Waals surface area (Å²) in [5.41, 5.74) is 1.12. The summed E-state index contributed by atoms with van der Waals surface area (Å²) in [4.78, 5) is 1.58. The molecule has 3 N–H and O–H groups in total. The maximum absolute atomic E-state index is 13.0. The topological polar surface area (TPSA) is 21.1 Å². The summed E-state index contributed by atoms with van der Waals surface area (Å²) in [6, 6.07) is 6.98. The molecular weight excluding hydrogens is 191 g/mol. The van der Waals surface area contributed by atoms with Crippen LogP contribution in [0.1, 0.15) is 12.0 Å². The van der Waals surface area contributed by atoms with Crippen molar-refractivity contribution in [2.24, 2.45) is 0 Å². The number of quaternary nitrogens is 2. The Morgan fingerprint density at radius 1 is 1.27 bits per heavy atom. The lowest BCUT2D eigenvalue weighted by Gasteiger charge is -2.15. The highest BCUT2D eigenvalue weighted by molar-refractivity contribution is 5.14. The highest BCUT2D eigenvalue weighted by Gasteiger charge is 2.13. The molecule has 0 radical (unpaired) electrons. The molecule has 1 aromatic carbocycles. The fraction of sp³-hybridized carbons (Fsp3) is 0.500. The van der Waals surface area contributed by atoms with Crippen LogP contribution in [0.3, 0.4) is 0 Å². The van der Waals surface area contributed by atoms with Gasteiger partial charge in [0.1, 0.15) is 25.5 Å². The zero-order chi connectivity index (χ0) is 10.5. The van der Waals surface area contributed by atoms with Gasteiger partial charge in [-0.25, -0.2) is 4.39 Å². The molecule has 0 saturated carbocycles. The SMILES string of the molecule is Fc1cccc(C[NH+]2CCC[NH2+]CC2)c1. The van der Waals surface area contributed by atoms with Gasteiger partial charge in [-0.15, -0.1) is 0 Å². The molecule has 0 amide bonds. The lowest BCUT2D eigenvalue weighted by molar-refractivity contribution is -0.917. The summed E-state index contributed by atoms with van der Waals surface area (Å²) < 4.78 is 13.0. The maximum atomic E-state index is 13.0. The third-order valence-corrected chi connectivity index (χ3v) is 2.98. The zero-order valence-electron chi connectivity index (χ0n) is 9.01. The van der Waals surface area contributed by atoms with Crippen LogP contribution in [0.15, 0.2) is 24.3 Å². The number of nitrogens with one attached hydrogen (secondary N) is 1. The number of hydrogen-bond acceptors (Lipinski definition) is 0. The molecule has 1 aliphatic heterocycles. The highest BCUT2D eigenvalue weighted by Crippen LogP contribution is 2.01. The number of nitrogens with two attached hydrogens (primary N) is 1. The summed E-state index contributed by atoms with van der Waals surface area (Å²) in [6.07, 6.45) is 1.27. The molecule has 2 nitrogen and oxygen atoms in total. The van der Waals surface area contributed by atoms with E-state index in [9.17, 15) is 4.39 Å². The molecule has 0 aromatic heterocycles. The number of hydrogen-bond donors (Lipinski definition) is 2. The van der Waals surface area contributed by atoms with Gasteiger partial charge < -0.3 is 10.2 Å². The average molecular weight is 210 g/mol. The molecule has 0 spiro atoms. The minimum atomic E-state index is -0.117. The monoisotopic (exact) mass is 210 g/mol. The smallest absolute Gasteiger partial charge is 0.127 e. The predicted molar refractivity (Wildman–Crippen MR) is 57.1 cm³/mol. The van der Waals surface area contributed by atoms with Crippen LogP contribution in [-0.2, 0) is 6.54 Å². The molecule has 1 unspecified atom stereocenters. The number of rotatable bonds is 2. The van der Waals surface area contributed by atoms with Crippen molar-refractivity contribution < 1.29 is 14.6 Å². The van der Waals surface area contributed by atoms with Gasteiger partial charge in [-0.1, -0.05) is 12.1 Å². The lowest BCUT2D eigenvalue weighted by Crippen LogP contribution is -3.12. The van der Waals surface area contributed by atoms with Crippen molar-refractivity contribution in [2.45, 2.75) is 13.0 Å². The van der Waals surface area contributed by atoms with Gasteiger partial charge in [0.15, 0.2) is 0 Å². The van der Waals surface area contributed by atoms with Crippen molar-refractivity contribution in [1.82, 2.24) is 0 Å². The number of halogens is 1.